The Hall–Kier alpha value is -3.44. The van der Waals surface area contributed by atoms with Gasteiger partial charge in [-0.2, -0.15) is 0 Å². The molecule has 0 amide bonds. The number of fused-ring (bicyclic) bond motifs is 1. The number of rotatable bonds is 6. The number of nitrogens with zero attached hydrogens (tertiary/aromatic N) is 1. The number of hydrogen-bond acceptors (Lipinski definition) is 3. The van der Waals surface area contributed by atoms with Crippen LogP contribution in [0.2, 0.25) is 0 Å². The molecule has 0 bridgehead atoms. The Morgan fingerprint density at radius 1 is 0.829 bits per heavy atom. The summed E-state index contributed by atoms with van der Waals surface area (Å²) in [4.78, 5) is 2.66. The third-order valence-electron chi connectivity index (χ3n) is 6.64. The van der Waals surface area contributed by atoms with Crippen molar-refractivity contribution in [3.63, 3.8) is 0 Å². The lowest BCUT2D eigenvalue weighted by atomic mass is 9.80. The molecule has 0 aromatic heterocycles. The summed E-state index contributed by atoms with van der Waals surface area (Å²) in [5.41, 5.74) is 4.87. The molecule has 1 heterocycles. The standard InChI is InChI=1S/C30H28FNO2S/c1-30(22-35(33,34)28-10-6-3-7-11-28)19-26-18-25(24-12-15-27(31)16-13-24)14-17-29(26)32(21-30)20-23-8-4-2-5-9-23/h2-18H,19-22H2,1H3. The van der Waals surface area contributed by atoms with Gasteiger partial charge in [0.1, 0.15) is 5.82 Å². The van der Waals surface area contributed by atoms with Crippen LogP contribution < -0.4 is 4.90 Å². The second kappa shape index (κ2) is 9.31. The van der Waals surface area contributed by atoms with Crippen LogP contribution in [0.25, 0.3) is 11.1 Å². The van der Waals surface area contributed by atoms with Crippen LogP contribution in [0, 0.1) is 11.2 Å². The van der Waals surface area contributed by atoms with Crippen molar-refractivity contribution in [1.82, 2.24) is 0 Å². The molecule has 35 heavy (non-hydrogen) atoms. The molecule has 5 heteroatoms. The van der Waals surface area contributed by atoms with Gasteiger partial charge in [0.05, 0.1) is 10.6 Å². The minimum absolute atomic E-state index is 0.0650. The van der Waals surface area contributed by atoms with E-state index >= 15 is 0 Å². The van der Waals surface area contributed by atoms with E-state index < -0.39 is 15.3 Å². The zero-order chi connectivity index (χ0) is 24.5. The highest BCUT2D eigenvalue weighted by Crippen LogP contribution is 2.41. The summed E-state index contributed by atoms with van der Waals surface area (Å²) < 4.78 is 40.2. The summed E-state index contributed by atoms with van der Waals surface area (Å²) >= 11 is 0. The maximum Gasteiger partial charge on any atom is 0.178 e. The van der Waals surface area contributed by atoms with Gasteiger partial charge in [-0.25, -0.2) is 12.8 Å². The van der Waals surface area contributed by atoms with Crippen molar-refractivity contribution in [3.8, 4) is 11.1 Å². The van der Waals surface area contributed by atoms with E-state index in [0.717, 1.165) is 22.4 Å². The second-order valence-electron chi connectivity index (χ2n) is 9.75. The Balaban J connectivity index is 1.53. The SMILES string of the molecule is CC1(CS(=O)(=O)c2ccccc2)Cc2cc(-c3ccc(F)cc3)ccc2N(Cc2ccccc2)C1. The van der Waals surface area contributed by atoms with Gasteiger partial charge in [-0.3, -0.25) is 0 Å². The van der Waals surface area contributed by atoms with E-state index in [-0.39, 0.29) is 11.6 Å². The van der Waals surface area contributed by atoms with E-state index in [1.807, 2.05) is 24.3 Å². The number of anilines is 1. The molecular weight excluding hydrogens is 457 g/mol. The summed E-state index contributed by atoms with van der Waals surface area (Å²) in [6.45, 7) is 3.40. The molecule has 1 aliphatic rings. The molecule has 0 saturated heterocycles. The van der Waals surface area contributed by atoms with Gasteiger partial charge in [0.2, 0.25) is 0 Å². The Labute approximate surface area is 206 Å². The smallest absolute Gasteiger partial charge is 0.178 e. The molecule has 0 saturated carbocycles. The van der Waals surface area contributed by atoms with Gasteiger partial charge in [0, 0.05) is 24.2 Å². The van der Waals surface area contributed by atoms with Crippen LogP contribution in [0.5, 0.6) is 0 Å². The molecule has 4 aromatic rings. The summed E-state index contributed by atoms with van der Waals surface area (Å²) in [5.74, 6) is -0.199. The van der Waals surface area contributed by atoms with Crippen LogP contribution in [0.3, 0.4) is 0 Å². The number of hydrogen-bond donors (Lipinski definition) is 0. The monoisotopic (exact) mass is 485 g/mol. The molecule has 1 unspecified atom stereocenters. The van der Waals surface area contributed by atoms with Gasteiger partial charge >= 0.3 is 0 Å². The van der Waals surface area contributed by atoms with Crippen molar-refractivity contribution in [1.29, 1.82) is 0 Å². The third kappa shape index (κ3) is 5.15. The minimum Gasteiger partial charge on any atom is -0.366 e. The highest BCUT2D eigenvalue weighted by atomic mass is 32.2. The second-order valence-corrected chi connectivity index (χ2v) is 11.7. The molecule has 3 nitrogen and oxygen atoms in total. The number of halogens is 1. The normalized spacial score (nSPS) is 17.7. The molecular formula is C30H28FNO2S. The molecule has 0 fully saturated rings. The van der Waals surface area contributed by atoms with E-state index in [2.05, 4.69) is 42.2 Å². The highest BCUT2D eigenvalue weighted by molar-refractivity contribution is 7.91. The minimum atomic E-state index is -3.45. The fourth-order valence-electron chi connectivity index (χ4n) is 5.13. The first-order chi connectivity index (χ1) is 16.8. The maximum absolute atomic E-state index is 13.5. The lowest BCUT2D eigenvalue weighted by molar-refractivity contribution is 0.348. The maximum atomic E-state index is 13.5. The van der Waals surface area contributed by atoms with Crippen molar-refractivity contribution < 1.29 is 12.8 Å². The van der Waals surface area contributed by atoms with E-state index in [1.165, 1.54) is 17.7 Å². The molecule has 0 spiro atoms. The van der Waals surface area contributed by atoms with Gasteiger partial charge in [0.25, 0.3) is 0 Å². The first-order valence-electron chi connectivity index (χ1n) is 11.8. The predicted octanol–water partition coefficient (Wildman–Crippen LogP) is 6.54. The molecule has 4 aromatic carbocycles. The van der Waals surface area contributed by atoms with E-state index in [1.54, 1.807) is 36.4 Å². The van der Waals surface area contributed by atoms with Gasteiger partial charge < -0.3 is 4.90 Å². The van der Waals surface area contributed by atoms with E-state index in [9.17, 15) is 12.8 Å². The van der Waals surface area contributed by atoms with Gasteiger partial charge in [0.15, 0.2) is 9.84 Å². The number of sulfone groups is 1. The van der Waals surface area contributed by atoms with Crippen molar-refractivity contribution >= 4 is 15.5 Å². The van der Waals surface area contributed by atoms with Crippen LogP contribution in [-0.2, 0) is 22.8 Å². The van der Waals surface area contributed by atoms with Crippen LogP contribution in [0.4, 0.5) is 10.1 Å². The Morgan fingerprint density at radius 3 is 2.14 bits per heavy atom. The lowest BCUT2D eigenvalue weighted by Gasteiger charge is -2.43. The summed E-state index contributed by atoms with van der Waals surface area (Å²) in [5, 5.41) is 0. The van der Waals surface area contributed by atoms with Crippen LogP contribution in [0.15, 0.2) is 108 Å². The predicted molar refractivity (Wildman–Crippen MR) is 140 cm³/mol. The summed E-state index contributed by atoms with van der Waals surface area (Å²) in [6, 6.07) is 31.7. The van der Waals surface area contributed by atoms with Crippen molar-refractivity contribution in [3.05, 3.63) is 120 Å². The Morgan fingerprint density at radius 2 is 1.46 bits per heavy atom. The third-order valence-corrected chi connectivity index (χ3v) is 8.71. The van der Waals surface area contributed by atoms with Crippen molar-refractivity contribution in [2.24, 2.45) is 5.41 Å². The summed E-state index contributed by atoms with van der Waals surface area (Å²) in [6.07, 6.45) is 0.648. The van der Waals surface area contributed by atoms with Crippen molar-refractivity contribution in [2.75, 3.05) is 17.2 Å². The first-order valence-corrected chi connectivity index (χ1v) is 13.4. The zero-order valence-electron chi connectivity index (χ0n) is 19.7. The molecule has 178 valence electrons. The highest BCUT2D eigenvalue weighted by Gasteiger charge is 2.38. The fourth-order valence-corrected chi connectivity index (χ4v) is 6.98. The Bertz CT molecular complexity index is 1420. The molecule has 1 aliphatic heterocycles. The average Bonchev–Trinajstić information content (AvgIpc) is 2.84. The molecule has 0 N–H and O–H groups in total. The van der Waals surface area contributed by atoms with Gasteiger partial charge in [-0.1, -0.05) is 73.7 Å². The lowest BCUT2D eigenvalue weighted by Crippen LogP contribution is -2.45. The zero-order valence-corrected chi connectivity index (χ0v) is 20.5. The largest absolute Gasteiger partial charge is 0.366 e. The molecule has 0 aliphatic carbocycles. The van der Waals surface area contributed by atoms with Crippen LogP contribution in [0.1, 0.15) is 18.1 Å². The topological polar surface area (TPSA) is 37.4 Å². The van der Waals surface area contributed by atoms with Crippen molar-refractivity contribution in [2.45, 2.75) is 24.8 Å². The van der Waals surface area contributed by atoms with Crippen LogP contribution >= 0.6 is 0 Å². The number of benzene rings is 4. The quantitative estimate of drug-likeness (QED) is 0.311. The summed E-state index contributed by atoms with van der Waals surface area (Å²) in [7, 11) is -3.45. The molecule has 1 atom stereocenters. The molecule has 5 rings (SSSR count). The van der Waals surface area contributed by atoms with Crippen LogP contribution in [-0.4, -0.2) is 20.7 Å². The van der Waals surface area contributed by atoms with E-state index in [4.69, 9.17) is 0 Å². The fraction of sp³-hybridized carbons (Fsp3) is 0.200. The average molecular weight is 486 g/mol. The van der Waals surface area contributed by atoms with E-state index in [0.29, 0.717) is 24.4 Å². The Kier molecular flexibility index (Phi) is 6.20. The van der Waals surface area contributed by atoms with Gasteiger partial charge in [-0.15, -0.1) is 0 Å². The first kappa shape index (κ1) is 23.3. The van der Waals surface area contributed by atoms with Gasteiger partial charge in [-0.05, 0) is 65.1 Å². The molecule has 0 radical (unpaired) electrons.